The number of benzene rings is 2. The maximum absolute atomic E-state index is 10.8. The highest BCUT2D eigenvalue weighted by Gasteiger charge is 2.18. The van der Waals surface area contributed by atoms with Crippen molar-refractivity contribution in [3.05, 3.63) is 46.5 Å². The fourth-order valence-electron chi connectivity index (χ4n) is 2.14. The number of ether oxygens (including phenoxy) is 4. The summed E-state index contributed by atoms with van der Waals surface area (Å²) in [6.07, 6.45) is 0.754. The van der Waals surface area contributed by atoms with E-state index < -0.39 is 0 Å². The summed E-state index contributed by atoms with van der Waals surface area (Å²) in [5.74, 6) is 2.20. The molecule has 3 rings (SSSR count). The van der Waals surface area contributed by atoms with E-state index in [9.17, 15) is 4.79 Å². The first kappa shape index (κ1) is 14.5. The minimum atomic E-state index is 0.167. The molecule has 1 aliphatic heterocycles. The van der Waals surface area contributed by atoms with Crippen LogP contribution in [0, 0.1) is 0 Å². The van der Waals surface area contributed by atoms with Gasteiger partial charge < -0.3 is 18.9 Å². The fraction of sp³-hybridized carbons (Fsp3) is 0.188. The van der Waals surface area contributed by atoms with E-state index in [0.29, 0.717) is 33.6 Å². The third-order valence-corrected chi connectivity index (χ3v) is 3.49. The lowest BCUT2D eigenvalue weighted by atomic mass is 10.2. The number of methoxy groups -OCH3 is 1. The minimum absolute atomic E-state index is 0.167. The van der Waals surface area contributed by atoms with Crippen molar-refractivity contribution < 1.29 is 23.7 Å². The van der Waals surface area contributed by atoms with Crippen molar-refractivity contribution in [2.75, 3.05) is 13.9 Å². The summed E-state index contributed by atoms with van der Waals surface area (Å²) in [5, 5.41) is 0.483. The van der Waals surface area contributed by atoms with E-state index in [0.717, 1.165) is 11.8 Å². The molecule has 0 unspecified atom stereocenters. The molecule has 0 radical (unpaired) electrons. The van der Waals surface area contributed by atoms with Crippen LogP contribution in [0.3, 0.4) is 0 Å². The Kier molecular flexibility index (Phi) is 4.06. The lowest BCUT2D eigenvalue weighted by Crippen LogP contribution is -1.98. The number of carbonyl (C=O) groups excluding carboxylic acids is 1. The Bertz CT molecular complexity index is 714. The van der Waals surface area contributed by atoms with Crippen molar-refractivity contribution in [3.8, 4) is 23.0 Å². The van der Waals surface area contributed by atoms with Gasteiger partial charge in [0.2, 0.25) is 6.79 Å². The predicted molar refractivity (Wildman–Crippen MR) is 80.3 cm³/mol. The second-order valence-electron chi connectivity index (χ2n) is 4.63. The summed E-state index contributed by atoms with van der Waals surface area (Å²) in [5.41, 5.74) is 1.37. The van der Waals surface area contributed by atoms with Crippen LogP contribution in [-0.4, -0.2) is 20.2 Å². The molecule has 0 bridgehead atoms. The van der Waals surface area contributed by atoms with Gasteiger partial charge in [-0.1, -0.05) is 11.6 Å². The van der Waals surface area contributed by atoms with E-state index in [-0.39, 0.29) is 13.4 Å². The van der Waals surface area contributed by atoms with E-state index in [1.807, 2.05) is 6.07 Å². The molecule has 0 saturated carbocycles. The Morgan fingerprint density at radius 2 is 2.09 bits per heavy atom. The number of carbonyl (C=O) groups is 1. The molecule has 1 heterocycles. The lowest BCUT2D eigenvalue weighted by Gasteiger charge is -2.11. The zero-order chi connectivity index (χ0) is 15.5. The quantitative estimate of drug-likeness (QED) is 0.790. The molecule has 0 saturated heterocycles. The maximum atomic E-state index is 10.8. The molecule has 6 heteroatoms. The summed E-state index contributed by atoms with van der Waals surface area (Å²) < 4.78 is 21.5. The highest BCUT2D eigenvalue weighted by atomic mass is 35.5. The van der Waals surface area contributed by atoms with Gasteiger partial charge in [-0.2, -0.15) is 0 Å². The van der Waals surface area contributed by atoms with Gasteiger partial charge in [-0.3, -0.25) is 4.79 Å². The number of hydrogen-bond donors (Lipinski definition) is 0. The average Bonchev–Trinajstić information content (AvgIpc) is 3.01. The van der Waals surface area contributed by atoms with Crippen LogP contribution in [-0.2, 0) is 6.61 Å². The molecular formula is C16H13ClO5. The summed E-state index contributed by atoms with van der Waals surface area (Å²) in [4.78, 5) is 10.8. The first-order valence-corrected chi connectivity index (χ1v) is 6.93. The van der Waals surface area contributed by atoms with Gasteiger partial charge >= 0.3 is 0 Å². The number of fused-ring (bicyclic) bond motifs is 1. The van der Waals surface area contributed by atoms with Crippen LogP contribution in [0.1, 0.15) is 15.9 Å². The van der Waals surface area contributed by atoms with E-state index >= 15 is 0 Å². The molecule has 0 aliphatic carbocycles. The summed E-state index contributed by atoms with van der Waals surface area (Å²) in [6, 6.07) is 8.56. The van der Waals surface area contributed by atoms with Crippen LogP contribution in [0.15, 0.2) is 30.3 Å². The third kappa shape index (κ3) is 2.80. The molecule has 0 aromatic heterocycles. The van der Waals surface area contributed by atoms with Crippen molar-refractivity contribution in [1.82, 2.24) is 0 Å². The smallest absolute Gasteiger partial charge is 0.231 e. The molecule has 22 heavy (non-hydrogen) atoms. The molecule has 0 atom stereocenters. The first-order valence-electron chi connectivity index (χ1n) is 6.55. The molecular weight excluding hydrogens is 308 g/mol. The Balaban J connectivity index is 1.78. The Labute approximate surface area is 132 Å². The van der Waals surface area contributed by atoms with Crippen LogP contribution in [0.25, 0.3) is 0 Å². The van der Waals surface area contributed by atoms with Crippen molar-refractivity contribution in [2.24, 2.45) is 0 Å². The van der Waals surface area contributed by atoms with E-state index in [1.54, 1.807) is 24.3 Å². The van der Waals surface area contributed by atoms with Crippen LogP contribution in [0.4, 0.5) is 0 Å². The second kappa shape index (κ2) is 6.15. The summed E-state index contributed by atoms with van der Waals surface area (Å²) in [7, 11) is 1.52. The van der Waals surface area contributed by atoms with E-state index in [4.69, 9.17) is 30.5 Å². The van der Waals surface area contributed by atoms with Crippen molar-refractivity contribution in [3.63, 3.8) is 0 Å². The molecule has 0 amide bonds. The van der Waals surface area contributed by atoms with Crippen LogP contribution in [0.5, 0.6) is 23.0 Å². The number of aldehydes is 1. The highest BCUT2D eigenvalue weighted by Crippen LogP contribution is 2.40. The van der Waals surface area contributed by atoms with Gasteiger partial charge in [0, 0.05) is 5.56 Å². The zero-order valence-corrected chi connectivity index (χ0v) is 12.6. The Morgan fingerprint density at radius 3 is 2.86 bits per heavy atom. The second-order valence-corrected chi connectivity index (χ2v) is 5.04. The van der Waals surface area contributed by atoms with Gasteiger partial charge in [-0.15, -0.1) is 0 Å². The molecule has 0 spiro atoms. The SMILES string of the molecule is COc1cc(C=O)ccc1OCc1cc(Cl)c2c(c1)OCO2. The average molecular weight is 321 g/mol. The first-order chi connectivity index (χ1) is 10.7. The van der Waals surface area contributed by atoms with Gasteiger partial charge in [-0.05, 0) is 35.9 Å². The topological polar surface area (TPSA) is 54.0 Å². The van der Waals surface area contributed by atoms with Gasteiger partial charge in [-0.25, -0.2) is 0 Å². The van der Waals surface area contributed by atoms with Crippen molar-refractivity contribution >= 4 is 17.9 Å². The molecule has 114 valence electrons. The van der Waals surface area contributed by atoms with Crippen molar-refractivity contribution in [1.29, 1.82) is 0 Å². The largest absolute Gasteiger partial charge is 0.493 e. The Morgan fingerprint density at radius 1 is 1.23 bits per heavy atom. The molecule has 2 aromatic rings. The molecule has 0 fully saturated rings. The summed E-state index contributed by atoms with van der Waals surface area (Å²) >= 11 is 6.13. The zero-order valence-electron chi connectivity index (χ0n) is 11.8. The van der Waals surface area contributed by atoms with Gasteiger partial charge in [0.25, 0.3) is 0 Å². The molecule has 5 nitrogen and oxygen atoms in total. The van der Waals surface area contributed by atoms with Crippen molar-refractivity contribution in [2.45, 2.75) is 6.61 Å². The minimum Gasteiger partial charge on any atom is -0.493 e. The molecule has 2 aromatic carbocycles. The molecule has 0 N–H and O–H groups in total. The van der Waals surface area contributed by atoms with Crippen LogP contribution in [0.2, 0.25) is 5.02 Å². The van der Waals surface area contributed by atoms with Gasteiger partial charge in [0.05, 0.1) is 12.1 Å². The van der Waals surface area contributed by atoms with E-state index in [2.05, 4.69) is 0 Å². The monoisotopic (exact) mass is 320 g/mol. The maximum Gasteiger partial charge on any atom is 0.231 e. The lowest BCUT2D eigenvalue weighted by molar-refractivity contribution is 0.112. The number of rotatable bonds is 5. The van der Waals surface area contributed by atoms with Gasteiger partial charge in [0.1, 0.15) is 12.9 Å². The van der Waals surface area contributed by atoms with Gasteiger partial charge in [0.15, 0.2) is 23.0 Å². The molecule has 1 aliphatic rings. The fourth-order valence-corrected chi connectivity index (χ4v) is 2.43. The third-order valence-electron chi connectivity index (χ3n) is 3.21. The van der Waals surface area contributed by atoms with Crippen LogP contribution < -0.4 is 18.9 Å². The predicted octanol–water partition coefficient (Wildman–Crippen LogP) is 3.47. The summed E-state index contributed by atoms with van der Waals surface area (Å²) in [6.45, 7) is 0.452. The number of halogens is 1. The number of hydrogen-bond acceptors (Lipinski definition) is 5. The Hall–Kier alpha value is -2.40. The highest BCUT2D eigenvalue weighted by molar-refractivity contribution is 6.32. The normalized spacial score (nSPS) is 12.1. The van der Waals surface area contributed by atoms with E-state index in [1.165, 1.54) is 7.11 Å². The van der Waals surface area contributed by atoms with Crippen LogP contribution >= 0.6 is 11.6 Å². The standard InChI is InChI=1S/C16H13ClO5/c1-19-14-5-10(7-18)2-3-13(14)20-8-11-4-12(17)16-15(6-11)21-9-22-16/h2-7H,8-9H2,1H3.